The number of nitrogens with zero attached hydrogens (tertiary/aromatic N) is 2. The lowest BCUT2D eigenvalue weighted by Gasteiger charge is -2.25. The normalized spacial score (nSPS) is 20.6. The van der Waals surface area contributed by atoms with Crippen molar-refractivity contribution in [3.05, 3.63) is 11.5 Å². The third-order valence-electron chi connectivity index (χ3n) is 3.26. The summed E-state index contributed by atoms with van der Waals surface area (Å²) in [6, 6.07) is 0.305. The summed E-state index contributed by atoms with van der Waals surface area (Å²) >= 11 is 0. The zero-order valence-corrected chi connectivity index (χ0v) is 11.3. The predicted molar refractivity (Wildman–Crippen MR) is 65.3 cm³/mol. The molecular formula is C11H19N3O2S. The molecule has 0 amide bonds. The van der Waals surface area contributed by atoms with Gasteiger partial charge in [0, 0.05) is 12.0 Å². The number of hydrogen-bond acceptors (Lipinski definition) is 3. The first kappa shape index (κ1) is 12.6. The van der Waals surface area contributed by atoms with Crippen molar-refractivity contribution in [2.75, 3.05) is 0 Å². The topological polar surface area (TPSA) is 78.0 Å². The number of sulfonamides is 1. The van der Waals surface area contributed by atoms with Crippen LogP contribution in [0.5, 0.6) is 0 Å². The van der Waals surface area contributed by atoms with Crippen LogP contribution in [0.25, 0.3) is 0 Å². The summed E-state index contributed by atoms with van der Waals surface area (Å²) in [6.07, 6.45) is 2.80. The smallest absolute Gasteiger partial charge is 0.257 e. The molecule has 0 fully saturated rings. The maximum atomic E-state index is 11.5. The minimum Gasteiger partial charge on any atom is -0.328 e. The van der Waals surface area contributed by atoms with Crippen LogP contribution in [0, 0.1) is 0 Å². The summed E-state index contributed by atoms with van der Waals surface area (Å²) < 4.78 is 25.2. The summed E-state index contributed by atoms with van der Waals surface area (Å²) in [4.78, 5) is 4.26. The van der Waals surface area contributed by atoms with Crippen molar-refractivity contribution in [3.63, 3.8) is 0 Å². The van der Waals surface area contributed by atoms with Gasteiger partial charge in [0.2, 0.25) is 0 Å². The van der Waals surface area contributed by atoms with E-state index >= 15 is 0 Å². The highest BCUT2D eigenvalue weighted by atomic mass is 32.2. The molecule has 0 aromatic carbocycles. The average Bonchev–Trinajstić information content (AvgIpc) is 2.57. The molecule has 1 aliphatic heterocycles. The van der Waals surface area contributed by atoms with Crippen LogP contribution >= 0.6 is 0 Å². The van der Waals surface area contributed by atoms with Crippen LogP contribution in [-0.2, 0) is 16.4 Å². The Morgan fingerprint density at radius 2 is 2.12 bits per heavy atom. The lowest BCUT2D eigenvalue weighted by atomic mass is 10.0. The molecule has 1 aliphatic rings. The second kappa shape index (κ2) is 4.10. The third-order valence-corrected chi connectivity index (χ3v) is 4.13. The zero-order chi connectivity index (χ0) is 12.8. The van der Waals surface area contributed by atoms with Crippen molar-refractivity contribution in [2.45, 2.75) is 57.0 Å². The predicted octanol–water partition coefficient (Wildman–Crippen LogP) is 1.55. The monoisotopic (exact) mass is 257 g/mol. The van der Waals surface area contributed by atoms with Gasteiger partial charge in [-0.05, 0) is 26.2 Å². The van der Waals surface area contributed by atoms with Crippen LogP contribution in [0.2, 0.25) is 0 Å². The Morgan fingerprint density at radius 3 is 2.65 bits per heavy atom. The summed E-state index contributed by atoms with van der Waals surface area (Å²) in [5, 5.41) is 5.31. The first-order chi connectivity index (χ1) is 7.82. The van der Waals surface area contributed by atoms with E-state index < -0.39 is 10.0 Å². The Labute approximate surface area is 102 Å². The lowest BCUT2D eigenvalue weighted by molar-refractivity contribution is 0.410. The van der Waals surface area contributed by atoms with Gasteiger partial charge in [0.05, 0.1) is 5.69 Å². The fourth-order valence-corrected chi connectivity index (χ4v) is 3.26. The fraction of sp³-hybridized carbons (Fsp3) is 0.727. The molecule has 1 unspecified atom stereocenters. The van der Waals surface area contributed by atoms with E-state index in [4.69, 9.17) is 5.14 Å². The maximum Gasteiger partial charge on any atom is 0.257 e. The minimum atomic E-state index is -3.71. The second-order valence-corrected chi connectivity index (χ2v) is 6.51. The van der Waals surface area contributed by atoms with E-state index in [2.05, 4.69) is 16.5 Å². The second-order valence-electron chi connectivity index (χ2n) is 5.03. The van der Waals surface area contributed by atoms with Gasteiger partial charge >= 0.3 is 0 Å². The van der Waals surface area contributed by atoms with Gasteiger partial charge < -0.3 is 4.57 Å². The molecule has 0 spiro atoms. The van der Waals surface area contributed by atoms with Crippen LogP contribution in [0.4, 0.5) is 0 Å². The fourth-order valence-electron chi connectivity index (χ4n) is 2.51. The van der Waals surface area contributed by atoms with Crippen LogP contribution in [0.3, 0.4) is 0 Å². The maximum absolute atomic E-state index is 11.5. The molecule has 0 saturated heterocycles. The molecule has 2 N–H and O–H groups in total. The number of aromatic nitrogens is 2. The van der Waals surface area contributed by atoms with Gasteiger partial charge in [-0.3, -0.25) is 0 Å². The Kier molecular flexibility index (Phi) is 3.03. The summed E-state index contributed by atoms with van der Waals surface area (Å²) in [6.45, 7) is 6.14. The average molecular weight is 257 g/mol. The minimum absolute atomic E-state index is 0.0766. The Hall–Kier alpha value is -0.880. The van der Waals surface area contributed by atoms with Crippen molar-refractivity contribution in [2.24, 2.45) is 5.14 Å². The van der Waals surface area contributed by atoms with E-state index in [-0.39, 0.29) is 10.9 Å². The van der Waals surface area contributed by atoms with Gasteiger partial charge in [-0.15, -0.1) is 0 Å². The summed E-state index contributed by atoms with van der Waals surface area (Å²) in [5.41, 5.74) is 0.787. The SMILES string of the molecule is CC(C)c1nc(S(N)(=O)=O)c2n1C(C)CCC2. The Bertz CT molecular complexity index is 531. The van der Waals surface area contributed by atoms with Crippen LogP contribution in [0.1, 0.15) is 57.1 Å². The van der Waals surface area contributed by atoms with Crippen molar-refractivity contribution < 1.29 is 8.42 Å². The van der Waals surface area contributed by atoms with E-state index in [0.717, 1.165) is 30.8 Å². The number of hydrogen-bond donors (Lipinski definition) is 1. The van der Waals surface area contributed by atoms with Crippen molar-refractivity contribution >= 4 is 10.0 Å². The molecule has 1 aromatic heterocycles. The number of fused-ring (bicyclic) bond motifs is 1. The van der Waals surface area contributed by atoms with E-state index in [1.807, 2.05) is 13.8 Å². The van der Waals surface area contributed by atoms with Gasteiger partial charge in [-0.25, -0.2) is 18.5 Å². The van der Waals surface area contributed by atoms with Crippen molar-refractivity contribution in [1.29, 1.82) is 0 Å². The van der Waals surface area contributed by atoms with E-state index in [1.165, 1.54) is 0 Å². The van der Waals surface area contributed by atoms with Crippen LogP contribution in [0.15, 0.2) is 5.03 Å². The molecule has 0 radical (unpaired) electrons. The molecule has 2 rings (SSSR count). The molecule has 2 heterocycles. The highest BCUT2D eigenvalue weighted by molar-refractivity contribution is 7.89. The van der Waals surface area contributed by atoms with Gasteiger partial charge in [0.1, 0.15) is 5.82 Å². The zero-order valence-electron chi connectivity index (χ0n) is 10.5. The lowest BCUT2D eigenvalue weighted by Crippen LogP contribution is -2.20. The highest BCUT2D eigenvalue weighted by Crippen LogP contribution is 2.32. The molecule has 1 aromatic rings. The van der Waals surface area contributed by atoms with Gasteiger partial charge in [-0.1, -0.05) is 13.8 Å². The van der Waals surface area contributed by atoms with Crippen LogP contribution < -0.4 is 5.14 Å². The molecule has 5 nitrogen and oxygen atoms in total. The van der Waals surface area contributed by atoms with Gasteiger partial charge in [0.25, 0.3) is 10.0 Å². The Balaban J connectivity index is 2.69. The van der Waals surface area contributed by atoms with E-state index in [1.54, 1.807) is 0 Å². The summed E-state index contributed by atoms with van der Waals surface area (Å²) in [7, 11) is -3.71. The number of rotatable bonds is 2. The number of imidazole rings is 1. The summed E-state index contributed by atoms with van der Waals surface area (Å²) in [5.74, 6) is 1.03. The third kappa shape index (κ3) is 2.11. The molecule has 17 heavy (non-hydrogen) atoms. The first-order valence-corrected chi connectivity index (χ1v) is 7.50. The largest absolute Gasteiger partial charge is 0.328 e. The molecule has 1 atom stereocenters. The Morgan fingerprint density at radius 1 is 1.47 bits per heavy atom. The highest BCUT2D eigenvalue weighted by Gasteiger charge is 2.29. The van der Waals surface area contributed by atoms with Gasteiger partial charge in [0.15, 0.2) is 5.03 Å². The van der Waals surface area contributed by atoms with Crippen molar-refractivity contribution in [3.8, 4) is 0 Å². The van der Waals surface area contributed by atoms with E-state index in [0.29, 0.717) is 6.04 Å². The van der Waals surface area contributed by atoms with Crippen LogP contribution in [-0.4, -0.2) is 18.0 Å². The quantitative estimate of drug-likeness (QED) is 0.873. The molecule has 96 valence electrons. The van der Waals surface area contributed by atoms with Crippen molar-refractivity contribution in [1.82, 2.24) is 9.55 Å². The van der Waals surface area contributed by atoms with E-state index in [9.17, 15) is 8.42 Å². The standard InChI is InChI=1S/C11H19N3O2S/c1-7(2)10-13-11(17(12,15)16)9-6-4-5-8(3)14(9)10/h7-8H,4-6H2,1-3H3,(H2,12,15,16). The molecule has 0 bridgehead atoms. The first-order valence-electron chi connectivity index (χ1n) is 5.96. The number of nitrogens with two attached hydrogens (primary N) is 1. The number of primary sulfonamides is 1. The molecule has 0 saturated carbocycles. The van der Waals surface area contributed by atoms with Gasteiger partial charge in [-0.2, -0.15) is 0 Å². The molecular weight excluding hydrogens is 238 g/mol. The molecule has 6 heteroatoms. The molecule has 0 aliphatic carbocycles.